The van der Waals surface area contributed by atoms with Crippen LogP contribution in [0, 0.1) is 17.8 Å². The minimum Gasteiger partial charge on any atom is -0.494 e. The SMILES string of the molecule is CC#CC(C)C(C)c1ccc(OCCC)cc1CC. The molecule has 0 amide bonds. The number of benzene rings is 1. The molecule has 0 aliphatic heterocycles. The summed E-state index contributed by atoms with van der Waals surface area (Å²) in [5.41, 5.74) is 2.78. The van der Waals surface area contributed by atoms with Gasteiger partial charge in [-0.05, 0) is 48.9 Å². The van der Waals surface area contributed by atoms with Crippen LogP contribution in [0.4, 0.5) is 0 Å². The molecular weight excluding hydrogens is 232 g/mol. The molecule has 1 aromatic carbocycles. The van der Waals surface area contributed by atoms with Crippen molar-refractivity contribution in [1.82, 2.24) is 0 Å². The van der Waals surface area contributed by atoms with E-state index in [4.69, 9.17) is 4.74 Å². The normalized spacial score (nSPS) is 13.3. The Kier molecular flexibility index (Phi) is 6.50. The van der Waals surface area contributed by atoms with Crippen LogP contribution in [0.5, 0.6) is 5.75 Å². The van der Waals surface area contributed by atoms with Crippen molar-refractivity contribution in [3.8, 4) is 17.6 Å². The molecule has 0 saturated heterocycles. The minimum atomic E-state index is 0.387. The zero-order valence-electron chi connectivity index (χ0n) is 12.9. The van der Waals surface area contributed by atoms with E-state index in [1.807, 2.05) is 6.92 Å². The van der Waals surface area contributed by atoms with E-state index in [1.54, 1.807) is 0 Å². The molecule has 0 fully saturated rings. The summed E-state index contributed by atoms with van der Waals surface area (Å²) in [5.74, 6) is 8.12. The maximum absolute atomic E-state index is 5.71. The van der Waals surface area contributed by atoms with E-state index in [0.29, 0.717) is 11.8 Å². The molecule has 0 bridgehead atoms. The van der Waals surface area contributed by atoms with Gasteiger partial charge in [-0.1, -0.05) is 39.7 Å². The van der Waals surface area contributed by atoms with E-state index in [9.17, 15) is 0 Å². The summed E-state index contributed by atoms with van der Waals surface area (Å²) < 4.78 is 5.71. The zero-order valence-corrected chi connectivity index (χ0v) is 12.9. The third-order valence-corrected chi connectivity index (χ3v) is 3.58. The third kappa shape index (κ3) is 4.31. The van der Waals surface area contributed by atoms with Gasteiger partial charge >= 0.3 is 0 Å². The first kappa shape index (κ1) is 15.6. The first-order valence-electron chi connectivity index (χ1n) is 7.31. The average molecular weight is 258 g/mol. The quantitative estimate of drug-likeness (QED) is 0.666. The third-order valence-electron chi connectivity index (χ3n) is 3.58. The highest BCUT2D eigenvalue weighted by atomic mass is 16.5. The van der Waals surface area contributed by atoms with E-state index < -0.39 is 0 Å². The van der Waals surface area contributed by atoms with Crippen LogP contribution in [0.2, 0.25) is 0 Å². The lowest BCUT2D eigenvalue weighted by molar-refractivity contribution is 0.317. The summed E-state index contributed by atoms with van der Waals surface area (Å²) in [5, 5.41) is 0. The second-order valence-electron chi connectivity index (χ2n) is 5.03. The fourth-order valence-corrected chi connectivity index (χ4v) is 2.26. The van der Waals surface area contributed by atoms with Crippen LogP contribution in [0.1, 0.15) is 58.1 Å². The second kappa shape index (κ2) is 7.89. The molecule has 0 N–H and O–H groups in total. The van der Waals surface area contributed by atoms with Gasteiger partial charge < -0.3 is 4.74 Å². The van der Waals surface area contributed by atoms with Gasteiger partial charge in [0.05, 0.1) is 6.61 Å². The highest BCUT2D eigenvalue weighted by Crippen LogP contribution is 2.29. The number of rotatable bonds is 6. The summed E-state index contributed by atoms with van der Waals surface area (Å²) in [7, 11) is 0. The molecule has 2 unspecified atom stereocenters. The van der Waals surface area contributed by atoms with Crippen molar-refractivity contribution in [2.45, 2.75) is 53.4 Å². The molecule has 2 atom stereocenters. The molecule has 0 aromatic heterocycles. The first-order valence-corrected chi connectivity index (χ1v) is 7.31. The summed E-state index contributed by atoms with van der Waals surface area (Å²) in [6.45, 7) is 11.5. The molecule has 104 valence electrons. The highest BCUT2D eigenvalue weighted by Gasteiger charge is 2.15. The molecule has 19 heavy (non-hydrogen) atoms. The van der Waals surface area contributed by atoms with E-state index in [-0.39, 0.29) is 0 Å². The lowest BCUT2D eigenvalue weighted by Gasteiger charge is -2.20. The number of hydrogen-bond donors (Lipinski definition) is 0. The van der Waals surface area contributed by atoms with Crippen molar-refractivity contribution in [1.29, 1.82) is 0 Å². The van der Waals surface area contributed by atoms with E-state index >= 15 is 0 Å². The van der Waals surface area contributed by atoms with Crippen LogP contribution in [0.15, 0.2) is 18.2 Å². The van der Waals surface area contributed by atoms with Gasteiger partial charge in [0.2, 0.25) is 0 Å². The smallest absolute Gasteiger partial charge is 0.119 e. The summed E-state index contributed by atoms with van der Waals surface area (Å²) in [6.07, 6.45) is 2.08. The molecule has 1 heteroatoms. The van der Waals surface area contributed by atoms with Crippen LogP contribution in [-0.4, -0.2) is 6.61 Å². The second-order valence-corrected chi connectivity index (χ2v) is 5.03. The van der Waals surface area contributed by atoms with Gasteiger partial charge in [0.1, 0.15) is 5.75 Å². The Labute approximate surface area is 118 Å². The molecule has 1 rings (SSSR count). The van der Waals surface area contributed by atoms with Crippen LogP contribution in [0.25, 0.3) is 0 Å². The molecule has 0 saturated carbocycles. The largest absolute Gasteiger partial charge is 0.494 e. The molecule has 0 aliphatic carbocycles. The Balaban J connectivity index is 2.97. The Morgan fingerprint density at radius 3 is 2.53 bits per heavy atom. The predicted octanol–water partition coefficient (Wildman–Crippen LogP) is 4.80. The topological polar surface area (TPSA) is 9.23 Å². The van der Waals surface area contributed by atoms with Gasteiger partial charge in [-0.3, -0.25) is 0 Å². The molecule has 0 aliphatic rings. The Morgan fingerprint density at radius 1 is 1.21 bits per heavy atom. The Hall–Kier alpha value is -1.42. The van der Waals surface area contributed by atoms with E-state index in [0.717, 1.165) is 25.2 Å². The molecule has 1 nitrogen and oxygen atoms in total. The van der Waals surface area contributed by atoms with Crippen molar-refractivity contribution in [3.05, 3.63) is 29.3 Å². The van der Waals surface area contributed by atoms with Crippen LogP contribution >= 0.6 is 0 Å². The van der Waals surface area contributed by atoms with Crippen molar-refractivity contribution >= 4 is 0 Å². The fraction of sp³-hybridized carbons (Fsp3) is 0.556. The molecular formula is C18H26O. The first-order chi connectivity index (χ1) is 9.13. The van der Waals surface area contributed by atoms with E-state index in [1.165, 1.54) is 11.1 Å². The van der Waals surface area contributed by atoms with Crippen LogP contribution in [0.3, 0.4) is 0 Å². The van der Waals surface area contributed by atoms with Gasteiger partial charge in [0, 0.05) is 5.92 Å². The average Bonchev–Trinajstić information content (AvgIpc) is 2.44. The van der Waals surface area contributed by atoms with Crippen molar-refractivity contribution in [2.24, 2.45) is 5.92 Å². The standard InChI is InChI=1S/C18H26O/c1-6-9-14(4)15(5)18-11-10-17(19-12-7-2)13-16(18)8-3/h10-11,13-15H,7-8,12H2,1-5H3. The van der Waals surface area contributed by atoms with Gasteiger partial charge in [-0.25, -0.2) is 0 Å². The summed E-state index contributed by atoms with van der Waals surface area (Å²) in [4.78, 5) is 0. The Bertz CT molecular complexity index is 450. The molecule has 0 radical (unpaired) electrons. The molecule has 1 aromatic rings. The van der Waals surface area contributed by atoms with Crippen LogP contribution in [-0.2, 0) is 6.42 Å². The maximum Gasteiger partial charge on any atom is 0.119 e. The predicted molar refractivity (Wildman–Crippen MR) is 82.6 cm³/mol. The maximum atomic E-state index is 5.71. The number of ether oxygens (including phenoxy) is 1. The molecule has 0 spiro atoms. The van der Waals surface area contributed by atoms with Gasteiger partial charge in [0.25, 0.3) is 0 Å². The highest BCUT2D eigenvalue weighted by molar-refractivity contribution is 5.38. The lowest BCUT2D eigenvalue weighted by Crippen LogP contribution is -2.07. The minimum absolute atomic E-state index is 0.387. The van der Waals surface area contributed by atoms with E-state index in [2.05, 4.69) is 57.7 Å². The summed E-state index contributed by atoms with van der Waals surface area (Å²) in [6, 6.07) is 6.49. The monoisotopic (exact) mass is 258 g/mol. The summed E-state index contributed by atoms with van der Waals surface area (Å²) >= 11 is 0. The molecule has 0 heterocycles. The van der Waals surface area contributed by atoms with Crippen molar-refractivity contribution in [3.63, 3.8) is 0 Å². The van der Waals surface area contributed by atoms with Gasteiger partial charge in [-0.15, -0.1) is 5.92 Å². The fourth-order valence-electron chi connectivity index (χ4n) is 2.26. The number of hydrogen-bond acceptors (Lipinski definition) is 1. The van der Waals surface area contributed by atoms with Gasteiger partial charge in [0.15, 0.2) is 0 Å². The van der Waals surface area contributed by atoms with Crippen LogP contribution < -0.4 is 4.74 Å². The lowest BCUT2D eigenvalue weighted by atomic mass is 9.85. The van der Waals surface area contributed by atoms with Gasteiger partial charge in [-0.2, -0.15) is 0 Å². The van der Waals surface area contributed by atoms with Crippen molar-refractivity contribution in [2.75, 3.05) is 6.61 Å². The Morgan fingerprint density at radius 2 is 1.95 bits per heavy atom. The number of aryl methyl sites for hydroxylation is 1. The van der Waals surface area contributed by atoms with Crippen molar-refractivity contribution < 1.29 is 4.74 Å². The zero-order chi connectivity index (χ0) is 14.3.